The Morgan fingerprint density at radius 2 is 2.04 bits per heavy atom. The molecule has 2 heterocycles. The fourth-order valence-corrected chi connectivity index (χ4v) is 2.88. The fourth-order valence-electron chi connectivity index (χ4n) is 2.88. The Bertz CT molecular complexity index is 719. The summed E-state index contributed by atoms with van der Waals surface area (Å²) in [4.78, 5) is 33.3. The molecule has 1 aliphatic rings. The highest BCUT2D eigenvalue weighted by Gasteiger charge is 2.49. The van der Waals surface area contributed by atoms with Crippen LogP contribution in [-0.2, 0) is 9.47 Å². The maximum atomic E-state index is 14.9. The number of hydrogen-bond acceptors (Lipinski definition) is 6. The second-order valence-electron chi connectivity index (χ2n) is 7.44. The number of ether oxygens (including phenoxy) is 2. The second kappa shape index (κ2) is 7.74. The van der Waals surface area contributed by atoms with Crippen molar-refractivity contribution in [3.63, 3.8) is 0 Å². The fraction of sp³-hybridized carbons (Fsp3) is 0.667. The summed E-state index contributed by atoms with van der Waals surface area (Å²) < 4.78 is 39.9. The van der Waals surface area contributed by atoms with Gasteiger partial charge in [-0.25, -0.2) is 28.3 Å². The van der Waals surface area contributed by atoms with Crippen molar-refractivity contribution < 1.29 is 27.8 Å². The van der Waals surface area contributed by atoms with E-state index in [-0.39, 0.29) is 36.7 Å². The summed E-state index contributed by atoms with van der Waals surface area (Å²) in [6.07, 6.45) is 0.367. The third-order valence-electron chi connectivity index (χ3n) is 4.01. The molecule has 2 rings (SSSR count). The van der Waals surface area contributed by atoms with E-state index in [0.717, 1.165) is 4.90 Å². The first-order chi connectivity index (χ1) is 12.4. The van der Waals surface area contributed by atoms with Gasteiger partial charge in [-0.05, 0) is 41.0 Å². The summed E-state index contributed by atoms with van der Waals surface area (Å²) in [5, 5.41) is 0. The predicted octanol–water partition coefficient (Wildman–Crippen LogP) is 3.32. The van der Waals surface area contributed by atoms with Crippen LogP contribution in [0.25, 0.3) is 0 Å². The van der Waals surface area contributed by atoms with Crippen LogP contribution in [0.1, 0.15) is 61.9 Å². The van der Waals surface area contributed by atoms with Crippen molar-refractivity contribution in [2.45, 2.75) is 58.5 Å². The molecular formula is C18H25F2N3O4. The van der Waals surface area contributed by atoms with Gasteiger partial charge in [0, 0.05) is 12.7 Å². The summed E-state index contributed by atoms with van der Waals surface area (Å²) in [6, 6.07) is 0. The maximum absolute atomic E-state index is 14.9. The van der Waals surface area contributed by atoms with Crippen LogP contribution in [0.4, 0.5) is 13.6 Å². The van der Waals surface area contributed by atoms with Gasteiger partial charge in [0.25, 0.3) is 5.92 Å². The first-order valence-corrected chi connectivity index (χ1v) is 8.81. The number of halogens is 2. The van der Waals surface area contributed by atoms with Gasteiger partial charge in [-0.1, -0.05) is 0 Å². The number of piperidine rings is 1. The molecule has 0 saturated carbocycles. The van der Waals surface area contributed by atoms with Crippen molar-refractivity contribution >= 4 is 12.1 Å². The molecule has 1 unspecified atom stereocenters. The van der Waals surface area contributed by atoms with E-state index in [4.69, 9.17) is 9.47 Å². The van der Waals surface area contributed by atoms with Gasteiger partial charge >= 0.3 is 12.1 Å². The van der Waals surface area contributed by atoms with Crippen molar-refractivity contribution in [3.05, 3.63) is 23.3 Å². The van der Waals surface area contributed by atoms with Crippen LogP contribution in [0.3, 0.4) is 0 Å². The van der Waals surface area contributed by atoms with Gasteiger partial charge in [0.15, 0.2) is 0 Å². The first-order valence-electron chi connectivity index (χ1n) is 8.81. The number of alkyl halides is 2. The number of aryl methyl sites for hydroxylation is 1. The number of carbonyl (C=O) groups is 2. The number of aromatic nitrogens is 2. The molecular weight excluding hydrogens is 360 g/mol. The molecule has 9 heteroatoms. The van der Waals surface area contributed by atoms with Gasteiger partial charge in [0.1, 0.15) is 11.4 Å². The highest BCUT2D eigenvalue weighted by molar-refractivity contribution is 5.90. The van der Waals surface area contributed by atoms with E-state index in [1.54, 1.807) is 34.6 Å². The average molecular weight is 385 g/mol. The number of carbonyl (C=O) groups excluding carboxylic acids is 2. The zero-order chi connectivity index (χ0) is 20.4. The van der Waals surface area contributed by atoms with Crippen molar-refractivity contribution in [1.29, 1.82) is 0 Å². The molecule has 150 valence electrons. The molecule has 0 bridgehead atoms. The third kappa shape index (κ3) is 5.11. The Morgan fingerprint density at radius 3 is 2.59 bits per heavy atom. The highest BCUT2D eigenvalue weighted by atomic mass is 19.3. The number of amides is 1. The molecule has 0 N–H and O–H groups in total. The smallest absolute Gasteiger partial charge is 0.410 e. The van der Waals surface area contributed by atoms with E-state index < -0.39 is 36.0 Å². The number of hydrogen-bond donors (Lipinski definition) is 0. The molecule has 1 aliphatic heterocycles. The van der Waals surface area contributed by atoms with Gasteiger partial charge in [0.2, 0.25) is 0 Å². The topological polar surface area (TPSA) is 81.6 Å². The van der Waals surface area contributed by atoms with E-state index in [0.29, 0.717) is 0 Å². The van der Waals surface area contributed by atoms with E-state index in [1.165, 1.54) is 6.20 Å². The Balaban J connectivity index is 2.28. The summed E-state index contributed by atoms with van der Waals surface area (Å²) in [5.41, 5.74) is -0.892. The zero-order valence-electron chi connectivity index (χ0n) is 16.2. The summed E-state index contributed by atoms with van der Waals surface area (Å²) in [7, 11) is 0. The largest absolute Gasteiger partial charge is 0.462 e. The molecule has 1 amide bonds. The van der Waals surface area contributed by atoms with Crippen LogP contribution in [0, 0.1) is 6.92 Å². The van der Waals surface area contributed by atoms with Crippen LogP contribution < -0.4 is 0 Å². The second-order valence-corrected chi connectivity index (χ2v) is 7.44. The molecule has 1 aromatic heterocycles. The van der Waals surface area contributed by atoms with E-state index in [2.05, 4.69) is 9.97 Å². The third-order valence-corrected chi connectivity index (χ3v) is 4.01. The first kappa shape index (κ1) is 21.0. The Kier molecular flexibility index (Phi) is 6.01. The van der Waals surface area contributed by atoms with Gasteiger partial charge in [-0.3, -0.25) is 0 Å². The van der Waals surface area contributed by atoms with Crippen LogP contribution >= 0.6 is 0 Å². The van der Waals surface area contributed by atoms with Gasteiger partial charge in [0.05, 0.1) is 30.3 Å². The molecule has 27 heavy (non-hydrogen) atoms. The quantitative estimate of drug-likeness (QED) is 0.743. The van der Waals surface area contributed by atoms with E-state index >= 15 is 0 Å². The van der Waals surface area contributed by atoms with Crippen LogP contribution in [0.5, 0.6) is 0 Å². The minimum Gasteiger partial charge on any atom is -0.462 e. The monoisotopic (exact) mass is 385 g/mol. The van der Waals surface area contributed by atoms with Gasteiger partial charge in [-0.15, -0.1) is 0 Å². The molecule has 0 radical (unpaired) electrons. The van der Waals surface area contributed by atoms with E-state index in [1.807, 2.05) is 0 Å². The molecule has 1 saturated heterocycles. The molecule has 1 fully saturated rings. The van der Waals surface area contributed by atoms with Crippen LogP contribution in [0.2, 0.25) is 0 Å². The lowest BCUT2D eigenvalue weighted by Gasteiger charge is -2.38. The molecule has 0 spiro atoms. The molecule has 0 aliphatic carbocycles. The van der Waals surface area contributed by atoms with Crippen molar-refractivity contribution in [3.8, 4) is 0 Å². The Morgan fingerprint density at radius 1 is 1.37 bits per heavy atom. The summed E-state index contributed by atoms with van der Waals surface area (Å²) in [6.45, 7) is 7.58. The average Bonchev–Trinajstić information content (AvgIpc) is 2.52. The number of likely N-dealkylation sites (tertiary alicyclic amines) is 1. The Labute approximate surface area is 157 Å². The van der Waals surface area contributed by atoms with E-state index in [9.17, 15) is 18.4 Å². The summed E-state index contributed by atoms with van der Waals surface area (Å²) in [5.74, 6) is -5.06. The number of esters is 1. The van der Waals surface area contributed by atoms with Gasteiger partial charge in [-0.2, -0.15) is 0 Å². The predicted molar refractivity (Wildman–Crippen MR) is 92.8 cm³/mol. The molecule has 1 aromatic rings. The highest BCUT2D eigenvalue weighted by Crippen LogP contribution is 2.41. The van der Waals surface area contributed by atoms with Crippen molar-refractivity contribution in [1.82, 2.24) is 14.9 Å². The minimum atomic E-state index is -3.28. The number of nitrogens with zero attached hydrogens (tertiary/aromatic N) is 3. The Hall–Kier alpha value is -2.32. The molecule has 0 aromatic carbocycles. The minimum absolute atomic E-state index is 0.0465. The van der Waals surface area contributed by atoms with Gasteiger partial charge < -0.3 is 14.4 Å². The summed E-state index contributed by atoms with van der Waals surface area (Å²) >= 11 is 0. The van der Waals surface area contributed by atoms with Crippen LogP contribution in [0.15, 0.2) is 6.20 Å². The normalized spacial score (nSPS) is 19.5. The lowest BCUT2D eigenvalue weighted by Crippen LogP contribution is -2.51. The lowest BCUT2D eigenvalue weighted by molar-refractivity contribution is -0.0860. The van der Waals surface area contributed by atoms with Crippen molar-refractivity contribution in [2.75, 3.05) is 19.7 Å². The number of rotatable bonds is 3. The standard InChI is InChI=1S/C18H25F2N3O4/c1-6-26-15(24)12-9-21-11(2)22-14(12)13-7-8-23(10-18(13,19)20)16(25)27-17(3,4)5/h9,13H,6-8,10H2,1-5H3. The molecule has 1 atom stereocenters. The van der Waals surface area contributed by atoms with Crippen molar-refractivity contribution in [2.24, 2.45) is 0 Å². The molecule has 7 nitrogen and oxygen atoms in total. The maximum Gasteiger partial charge on any atom is 0.410 e. The SMILES string of the molecule is CCOC(=O)c1cnc(C)nc1C1CCN(C(=O)OC(C)(C)C)CC1(F)F. The van der Waals surface area contributed by atoms with Crippen LogP contribution in [-0.4, -0.2) is 58.2 Å². The zero-order valence-corrected chi connectivity index (χ0v) is 16.2. The lowest BCUT2D eigenvalue weighted by atomic mass is 9.87.